The van der Waals surface area contributed by atoms with Crippen LogP contribution in [0.2, 0.25) is 0 Å². The van der Waals surface area contributed by atoms with Gasteiger partial charge in [-0.3, -0.25) is 4.98 Å². The summed E-state index contributed by atoms with van der Waals surface area (Å²) >= 11 is 0. The normalized spacial score (nSPS) is 21.4. The molecule has 2 heterocycles. The lowest BCUT2D eigenvalue weighted by atomic mass is 10.0. The molecule has 1 aliphatic rings. The van der Waals surface area contributed by atoms with Gasteiger partial charge in [0.15, 0.2) is 0 Å². The Kier molecular flexibility index (Phi) is 3.78. The third kappa shape index (κ3) is 2.95. The van der Waals surface area contributed by atoms with Crippen LogP contribution in [0.4, 0.5) is 5.69 Å². The Balaban J connectivity index is 1.97. The third-order valence-electron chi connectivity index (χ3n) is 3.02. The Labute approximate surface area is 97.9 Å². The van der Waals surface area contributed by atoms with Gasteiger partial charge in [-0.05, 0) is 24.5 Å². The quantitative estimate of drug-likeness (QED) is 0.841. The number of nitrogens with one attached hydrogen (secondary N) is 1. The second-order valence-electron chi connectivity index (χ2n) is 4.94. The van der Waals surface area contributed by atoms with E-state index in [1.54, 1.807) is 0 Å². The van der Waals surface area contributed by atoms with Crippen molar-refractivity contribution in [2.24, 2.45) is 5.92 Å². The molecule has 88 valence electrons. The molecule has 0 radical (unpaired) electrons. The molecule has 0 bridgehead atoms. The molecule has 1 saturated heterocycles. The molecule has 1 aliphatic heterocycles. The van der Waals surface area contributed by atoms with E-state index in [4.69, 9.17) is 0 Å². The summed E-state index contributed by atoms with van der Waals surface area (Å²) in [4.78, 5) is 6.61. The summed E-state index contributed by atoms with van der Waals surface area (Å²) in [5.41, 5.74) is 1.25. The maximum atomic E-state index is 4.18. The first-order valence-corrected chi connectivity index (χ1v) is 6.14. The largest absolute Gasteiger partial charge is 0.367 e. The molecule has 16 heavy (non-hydrogen) atoms. The van der Waals surface area contributed by atoms with Gasteiger partial charge >= 0.3 is 0 Å². The number of nitrogens with zero attached hydrogens (tertiary/aromatic N) is 2. The summed E-state index contributed by atoms with van der Waals surface area (Å²) in [6.45, 7) is 7.83. The highest BCUT2D eigenvalue weighted by Crippen LogP contribution is 2.16. The standard InChI is InChI=1S/C13H21N3/c1-11(2)8-12-10-16(7-6-15-12)13-4-3-5-14-9-13/h3-5,9,11-12,15H,6-8,10H2,1-2H3. The number of hydrogen-bond acceptors (Lipinski definition) is 3. The van der Waals surface area contributed by atoms with Gasteiger partial charge in [-0.2, -0.15) is 0 Å². The molecule has 0 spiro atoms. The van der Waals surface area contributed by atoms with E-state index in [2.05, 4.69) is 35.1 Å². The second-order valence-corrected chi connectivity index (χ2v) is 4.94. The molecule has 1 aromatic rings. The Morgan fingerprint density at radius 3 is 3.12 bits per heavy atom. The first kappa shape index (κ1) is 11.4. The number of anilines is 1. The van der Waals surface area contributed by atoms with Crippen LogP contribution in [0.3, 0.4) is 0 Å². The number of hydrogen-bond donors (Lipinski definition) is 1. The molecule has 0 aromatic carbocycles. The van der Waals surface area contributed by atoms with Crippen molar-refractivity contribution in [3.05, 3.63) is 24.5 Å². The minimum atomic E-state index is 0.619. The first-order valence-electron chi connectivity index (χ1n) is 6.14. The highest BCUT2D eigenvalue weighted by molar-refractivity contribution is 5.44. The predicted octanol–water partition coefficient (Wildman–Crippen LogP) is 1.91. The maximum absolute atomic E-state index is 4.18. The monoisotopic (exact) mass is 219 g/mol. The molecule has 0 saturated carbocycles. The minimum Gasteiger partial charge on any atom is -0.367 e. The average molecular weight is 219 g/mol. The average Bonchev–Trinajstić information content (AvgIpc) is 2.30. The second kappa shape index (κ2) is 5.30. The van der Waals surface area contributed by atoms with E-state index in [-0.39, 0.29) is 0 Å². The van der Waals surface area contributed by atoms with Crippen molar-refractivity contribution in [2.45, 2.75) is 26.3 Å². The smallest absolute Gasteiger partial charge is 0.0553 e. The third-order valence-corrected chi connectivity index (χ3v) is 3.02. The van der Waals surface area contributed by atoms with E-state index in [0.29, 0.717) is 6.04 Å². The van der Waals surface area contributed by atoms with Gasteiger partial charge in [-0.1, -0.05) is 13.8 Å². The summed E-state index contributed by atoms with van der Waals surface area (Å²) in [6, 6.07) is 4.77. The van der Waals surface area contributed by atoms with Gasteiger partial charge in [-0.25, -0.2) is 0 Å². The lowest BCUT2D eigenvalue weighted by Gasteiger charge is -2.35. The zero-order valence-electron chi connectivity index (χ0n) is 10.2. The summed E-state index contributed by atoms with van der Waals surface area (Å²) in [6.07, 6.45) is 5.03. The van der Waals surface area contributed by atoms with Gasteiger partial charge in [0.05, 0.1) is 11.9 Å². The number of aromatic nitrogens is 1. The highest BCUT2D eigenvalue weighted by atomic mass is 15.2. The van der Waals surface area contributed by atoms with Crippen LogP contribution in [0, 0.1) is 5.92 Å². The Bertz CT molecular complexity index is 310. The van der Waals surface area contributed by atoms with E-state index < -0.39 is 0 Å². The molecule has 1 unspecified atom stereocenters. The number of piperazine rings is 1. The van der Waals surface area contributed by atoms with Crippen LogP contribution in [-0.4, -0.2) is 30.7 Å². The van der Waals surface area contributed by atoms with E-state index >= 15 is 0 Å². The molecule has 3 heteroatoms. The van der Waals surface area contributed by atoms with Crippen molar-refractivity contribution in [3.8, 4) is 0 Å². The highest BCUT2D eigenvalue weighted by Gasteiger charge is 2.20. The molecular formula is C13H21N3. The molecule has 1 aromatic heterocycles. The number of pyridine rings is 1. The van der Waals surface area contributed by atoms with Gasteiger partial charge in [0.1, 0.15) is 0 Å². The molecule has 1 fully saturated rings. The predicted molar refractivity (Wildman–Crippen MR) is 67.7 cm³/mol. The maximum Gasteiger partial charge on any atom is 0.0553 e. The minimum absolute atomic E-state index is 0.619. The first-order chi connectivity index (χ1) is 7.75. The Morgan fingerprint density at radius 2 is 2.44 bits per heavy atom. The molecule has 1 N–H and O–H groups in total. The molecule has 3 nitrogen and oxygen atoms in total. The van der Waals surface area contributed by atoms with Crippen LogP contribution in [0.15, 0.2) is 24.5 Å². The number of rotatable bonds is 3. The van der Waals surface area contributed by atoms with Gasteiger partial charge < -0.3 is 10.2 Å². The van der Waals surface area contributed by atoms with Crippen LogP contribution in [0.1, 0.15) is 20.3 Å². The lowest BCUT2D eigenvalue weighted by Crippen LogP contribution is -2.51. The van der Waals surface area contributed by atoms with Gasteiger partial charge in [0.25, 0.3) is 0 Å². The van der Waals surface area contributed by atoms with Gasteiger partial charge in [-0.15, -0.1) is 0 Å². The lowest BCUT2D eigenvalue weighted by molar-refractivity contribution is 0.388. The summed E-state index contributed by atoms with van der Waals surface area (Å²) in [7, 11) is 0. The summed E-state index contributed by atoms with van der Waals surface area (Å²) in [5.74, 6) is 0.756. The van der Waals surface area contributed by atoms with Gasteiger partial charge in [0.2, 0.25) is 0 Å². The zero-order valence-corrected chi connectivity index (χ0v) is 10.2. The van der Waals surface area contributed by atoms with Crippen molar-refractivity contribution in [1.82, 2.24) is 10.3 Å². The fourth-order valence-corrected chi connectivity index (χ4v) is 2.33. The van der Waals surface area contributed by atoms with E-state index in [1.165, 1.54) is 12.1 Å². The fraction of sp³-hybridized carbons (Fsp3) is 0.615. The fourth-order valence-electron chi connectivity index (χ4n) is 2.33. The molecular weight excluding hydrogens is 198 g/mol. The van der Waals surface area contributed by atoms with Crippen LogP contribution in [0.25, 0.3) is 0 Å². The molecule has 2 rings (SSSR count). The summed E-state index contributed by atoms with van der Waals surface area (Å²) < 4.78 is 0. The molecule has 0 aliphatic carbocycles. The van der Waals surface area contributed by atoms with E-state index in [1.807, 2.05) is 18.5 Å². The zero-order chi connectivity index (χ0) is 11.4. The van der Waals surface area contributed by atoms with Crippen LogP contribution >= 0.6 is 0 Å². The molecule has 1 atom stereocenters. The van der Waals surface area contributed by atoms with E-state index in [9.17, 15) is 0 Å². The molecule has 0 amide bonds. The van der Waals surface area contributed by atoms with Crippen molar-refractivity contribution in [3.63, 3.8) is 0 Å². The van der Waals surface area contributed by atoms with Crippen LogP contribution in [0.5, 0.6) is 0 Å². The van der Waals surface area contributed by atoms with Gasteiger partial charge in [0, 0.05) is 31.9 Å². The topological polar surface area (TPSA) is 28.2 Å². The van der Waals surface area contributed by atoms with Crippen molar-refractivity contribution in [1.29, 1.82) is 0 Å². The summed E-state index contributed by atoms with van der Waals surface area (Å²) in [5, 5.41) is 3.59. The SMILES string of the molecule is CC(C)CC1CN(c2cccnc2)CCN1. The van der Waals surface area contributed by atoms with Crippen LogP contribution < -0.4 is 10.2 Å². The van der Waals surface area contributed by atoms with E-state index in [0.717, 1.165) is 25.6 Å². The Morgan fingerprint density at radius 1 is 1.56 bits per heavy atom. The van der Waals surface area contributed by atoms with Crippen LogP contribution in [-0.2, 0) is 0 Å². The van der Waals surface area contributed by atoms with Crippen molar-refractivity contribution >= 4 is 5.69 Å². The van der Waals surface area contributed by atoms with Crippen molar-refractivity contribution < 1.29 is 0 Å². The van der Waals surface area contributed by atoms with Crippen molar-refractivity contribution in [2.75, 3.05) is 24.5 Å². The Hall–Kier alpha value is -1.09.